The van der Waals surface area contributed by atoms with Crippen LogP contribution in [0.1, 0.15) is 361 Å². The first kappa shape index (κ1) is 83.7. The third-order valence-corrected chi connectivity index (χ3v) is 17.5. The zero-order valence-electron chi connectivity index (χ0n) is 57.6. The lowest BCUT2D eigenvalue weighted by Crippen LogP contribution is -2.37. The van der Waals surface area contributed by atoms with E-state index >= 15 is 0 Å². The number of carbonyl (C=O) groups is 2. The quantitative estimate of drug-likeness (QED) is 0.0211. The van der Waals surface area contributed by atoms with Crippen LogP contribution in [0.2, 0.25) is 0 Å². The number of carbonyl (C=O) groups excluding carboxylic acids is 2. The topological polar surface area (TPSA) is 108 Å². The van der Waals surface area contributed by atoms with Gasteiger partial charge < -0.3 is 18.9 Å². The van der Waals surface area contributed by atoms with Crippen LogP contribution in [-0.2, 0) is 32.7 Å². The van der Waals surface area contributed by atoms with E-state index in [2.05, 4.69) is 74.6 Å². The summed E-state index contributed by atoms with van der Waals surface area (Å²) in [6.45, 7) is 4.47. The van der Waals surface area contributed by atoms with E-state index in [1.165, 1.54) is 276 Å². The van der Waals surface area contributed by atoms with Crippen molar-refractivity contribution in [2.24, 2.45) is 0 Å². The van der Waals surface area contributed by atoms with Crippen molar-refractivity contribution in [1.82, 2.24) is 0 Å². The van der Waals surface area contributed by atoms with Gasteiger partial charge in [0.05, 0.1) is 27.7 Å². The first-order valence-corrected chi connectivity index (χ1v) is 38.5. The number of hydrogen-bond donors (Lipinski definition) is 1. The maximum atomic E-state index is 12.9. The molecule has 0 aromatic carbocycles. The number of phosphoric acid groups is 1. The van der Waals surface area contributed by atoms with E-state index in [4.69, 9.17) is 18.5 Å². The predicted molar refractivity (Wildman–Crippen MR) is 372 cm³/mol. The summed E-state index contributed by atoms with van der Waals surface area (Å²) in [5.41, 5.74) is 0. The van der Waals surface area contributed by atoms with E-state index in [9.17, 15) is 19.0 Å². The van der Waals surface area contributed by atoms with Gasteiger partial charge in [-0.1, -0.05) is 325 Å². The molecule has 0 spiro atoms. The molecule has 0 aliphatic heterocycles. The summed E-state index contributed by atoms with van der Waals surface area (Å²) in [6.07, 6.45) is 89.1. The second kappa shape index (κ2) is 67.1. The number of phosphoric ester groups is 1. The van der Waals surface area contributed by atoms with Crippen molar-refractivity contribution in [2.45, 2.75) is 367 Å². The third-order valence-electron chi connectivity index (χ3n) is 16.5. The standard InChI is InChI=1S/C76H142NO8P/c1-6-8-10-12-14-16-18-20-22-24-26-28-30-32-34-36-37-38-39-41-42-44-46-48-50-52-54-56-58-60-62-64-66-68-75(78)82-72-74(73-84-86(80,81)83-71-70-77(3,4)5)85-76(79)69-67-65-63-61-59-57-55-53-51-49-47-45-43-40-35-33-31-29-27-25-23-21-19-17-15-13-11-9-7-2/h18-21,24-27,31,33,74H,6-17,22-23,28-30,32,34-73H2,1-5H3/p+1/b20-18-,21-19-,26-24-,27-25-,33-31-. The molecule has 0 amide bonds. The summed E-state index contributed by atoms with van der Waals surface area (Å²) < 4.78 is 34.8. The van der Waals surface area contributed by atoms with Crippen LogP contribution in [0.25, 0.3) is 0 Å². The minimum atomic E-state index is -4.39. The highest BCUT2D eigenvalue weighted by atomic mass is 31.2. The Balaban J connectivity index is 3.98. The van der Waals surface area contributed by atoms with Gasteiger partial charge in [-0.3, -0.25) is 18.6 Å². The van der Waals surface area contributed by atoms with Gasteiger partial charge in [-0.2, -0.15) is 0 Å². The maximum Gasteiger partial charge on any atom is 0.472 e. The van der Waals surface area contributed by atoms with Crippen molar-refractivity contribution in [3.05, 3.63) is 60.8 Å². The summed E-state index contributed by atoms with van der Waals surface area (Å²) in [6, 6.07) is 0. The Bertz CT molecular complexity index is 1630. The monoisotopic (exact) mass is 1230 g/mol. The molecule has 0 bridgehead atoms. The lowest BCUT2D eigenvalue weighted by atomic mass is 10.0. The average molecular weight is 1230 g/mol. The van der Waals surface area contributed by atoms with Gasteiger partial charge in [0.1, 0.15) is 19.8 Å². The molecule has 0 aliphatic rings. The molecule has 0 aliphatic carbocycles. The van der Waals surface area contributed by atoms with Gasteiger partial charge in [0, 0.05) is 12.8 Å². The van der Waals surface area contributed by atoms with Gasteiger partial charge in [-0.05, 0) is 83.5 Å². The van der Waals surface area contributed by atoms with Crippen LogP contribution in [0, 0.1) is 0 Å². The second-order valence-electron chi connectivity index (χ2n) is 26.3. The van der Waals surface area contributed by atoms with Gasteiger partial charge in [0.2, 0.25) is 0 Å². The summed E-state index contributed by atoms with van der Waals surface area (Å²) in [4.78, 5) is 35.9. The minimum Gasteiger partial charge on any atom is -0.462 e. The Morgan fingerprint density at radius 3 is 0.930 bits per heavy atom. The van der Waals surface area contributed by atoms with Gasteiger partial charge in [-0.15, -0.1) is 0 Å². The zero-order chi connectivity index (χ0) is 62.6. The first-order chi connectivity index (χ1) is 42.0. The predicted octanol–water partition coefficient (Wildman–Crippen LogP) is 24.2. The molecule has 504 valence electrons. The molecule has 0 aromatic heterocycles. The summed E-state index contributed by atoms with van der Waals surface area (Å²) >= 11 is 0. The Labute approximate surface area is 534 Å². The molecule has 0 radical (unpaired) electrons. The van der Waals surface area contributed by atoms with Crippen LogP contribution in [0.4, 0.5) is 0 Å². The number of hydrogen-bond acceptors (Lipinski definition) is 7. The van der Waals surface area contributed by atoms with Gasteiger partial charge in [0.15, 0.2) is 6.10 Å². The summed E-state index contributed by atoms with van der Waals surface area (Å²) in [5, 5.41) is 0. The molecule has 0 aromatic rings. The third kappa shape index (κ3) is 70.8. The molecule has 0 rings (SSSR count). The van der Waals surface area contributed by atoms with Crippen molar-refractivity contribution >= 4 is 19.8 Å². The second-order valence-corrected chi connectivity index (χ2v) is 27.8. The van der Waals surface area contributed by atoms with Crippen molar-refractivity contribution in [2.75, 3.05) is 47.5 Å². The van der Waals surface area contributed by atoms with Crippen LogP contribution in [0.3, 0.4) is 0 Å². The van der Waals surface area contributed by atoms with Crippen LogP contribution in [-0.4, -0.2) is 74.9 Å². The van der Waals surface area contributed by atoms with Crippen molar-refractivity contribution in [3.63, 3.8) is 0 Å². The Morgan fingerprint density at radius 2 is 0.628 bits per heavy atom. The highest BCUT2D eigenvalue weighted by Gasteiger charge is 2.27. The lowest BCUT2D eigenvalue weighted by Gasteiger charge is -2.24. The van der Waals surface area contributed by atoms with Gasteiger partial charge >= 0.3 is 19.8 Å². The molecule has 0 saturated heterocycles. The number of unbranched alkanes of at least 4 members (excludes halogenated alkanes) is 45. The number of ether oxygens (including phenoxy) is 2. The van der Waals surface area contributed by atoms with E-state index in [0.717, 1.165) is 51.4 Å². The average Bonchev–Trinajstić information content (AvgIpc) is 3.67. The Hall–Kier alpha value is -2.29. The number of quaternary nitrogens is 1. The zero-order valence-corrected chi connectivity index (χ0v) is 58.5. The maximum absolute atomic E-state index is 12.9. The molecular formula is C76H143NO8P+. The molecule has 0 saturated carbocycles. The normalized spacial score (nSPS) is 13.4. The number of esters is 2. The van der Waals surface area contributed by atoms with Crippen LogP contribution in [0.5, 0.6) is 0 Å². The van der Waals surface area contributed by atoms with E-state index in [0.29, 0.717) is 23.9 Å². The summed E-state index contributed by atoms with van der Waals surface area (Å²) in [7, 11) is 1.49. The van der Waals surface area contributed by atoms with Crippen LogP contribution < -0.4 is 0 Å². The van der Waals surface area contributed by atoms with Gasteiger partial charge in [-0.25, -0.2) is 4.57 Å². The molecular weight excluding hydrogens is 1090 g/mol. The fourth-order valence-electron chi connectivity index (χ4n) is 10.8. The number of rotatable bonds is 69. The van der Waals surface area contributed by atoms with Crippen molar-refractivity contribution < 1.29 is 42.1 Å². The van der Waals surface area contributed by atoms with E-state index < -0.39 is 26.5 Å². The molecule has 0 fully saturated rings. The molecule has 2 unspecified atom stereocenters. The first-order valence-electron chi connectivity index (χ1n) is 37.0. The number of nitrogens with zero attached hydrogens (tertiary/aromatic N) is 1. The van der Waals surface area contributed by atoms with Gasteiger partial charge in [0.25, 0.3) is 0 Å². The van der Waals surface area contributed by atoms with E-state index in [1.807, 2.05) is 21.1 Å². The number of allylic oxidation sites excluding steroid dienone is 10. The molecule has 2 atom stereocenters. The molecule has 10 heteroatoms. The molecule has 0 heterocycles. The molecule has 1 N–H and O–H groups in total. The van der Waals surface area contributed by atoms with E-state index in [-0.39, 0.29) is 25.6 Å². The summed E-state index contributed by atoms with van der Waals surface area (Å²) in [5.74, 6) is -0.781. The van der Waals surface area contributed by atoms with Crippen LogP contribution >= 0.6 is 7.82 Å². The highest BCUT2D eigenvalue weighted by Crippen LogP contribution is 2.43. The lowest BCUT2D eigenvalue weighted by molar-refractivity contribution is -0.870. The Kier molecular flexibility index (Phi) is 65.3. The van der Waals surface area contributed by atoms with Crippen molar-refractivity contribution in [1.29, 1.82) is 0 Å². The fraction of sp³-hybridized carbons (Fsp3) is 0.842. The van der Waals surface area contributed by atoms with Crippen LogP contribution in [0.15, 0.2) is 60.8 Å². The minimum absolute atomic E-state index is 0.0324. The van der Waals surface area contributed by atoms with Crippen molar-refractivity contribution in [3.8, 4) is 0 Å². The fourth-order valence-corrected chi connectivity index (χ4v) is 11.6. The largest absolute Gasteiger partial charge is 0.472 e. The SMILES string of the molecule is CCCCCCC/C=C\C/C=C\C/C=C\CCCCCCCCCCCCCCCCC(=O)OC(COC(=O)CCCCCCCCCCCCCCCCCCCCCCC/C=C\C/C=C\CCCCCCC)COP(=O)(O)OCC[N+](C)(C)C. The smallest absolute Gasteiger partial charge is 0.462 e. The molecule has 9 nitrogen and oxygen atoms in total. The van der Waals surface area contributed by atoms with E-state index in [1.54, 1.807) is 0 Å². The molecule has 86 heavy (non-hydrogen) atoms. The highest BCUT2D eigenvalue weighted by molar-refractivity contribution is 7.47. The Morgan fingerprint density at radius 1 is 0.360 bits per heavy atom. The number of likely N-dealkylation sites (N-methyl/N-ethyl adjacent to an activating group) is 1.